The van der Waals surface area contributed by atoms with Crippen molar-refractivity contribution in [2.45, 2.75) is 39.2 Å². The number of tetrazole rings is 1. The van der Waals surface area contributed by atoms with Crippen LogP contribution in [0.1, 0.15) is 29.2 Å². The minimum atomic E-state index is 0.123. The van der Waals surface area contributed by atoms with Crippen LogP contribution in [0.15, 0.2) is 0 Å². The van der Waals surface area contributed by atoms with Gasteiger partial charge in [-0.3, -0.25) is 16.0 Å². The molecule has 2 aromatic rings. The van der Waals surface area contributed by atoms with Gasteiger partial charge in [-0.15, -0.1) is 10.2 Å². The van der Waals surface area contributed by atoms with Crippen LogP contribution in [0.3, 0.4) is 0 Å². The molecule has 0 saturated carbocycles. The zero-order chi connectivity index (χ0) is 14.7. The Morgan fingerprint density at radius 1 is 1.25 bits per heavy atom. The molecule has 1 unspecified atom stereocenters. The number of rotatable bonds is 6. The number of aryl methyl sites for hydroxylation is 3. The highest BCUT2D eigenvalue weighted by molar-refractivity contribution is 5.24. The molecule has 0 aliphatic heterocycles. The Hall–Kier alpha value is -1.80. The lowest BCUT2D eigenvalue weighted by atomic mass is 10.0. The molecule has 2 heterocycles. The summed E-state index contributed by atoms with van der Waals surface area (Å²) in [5.41, 5.74) is 6.41. The van der Waals surface area contributed by atoms with Crippen molar-refractivity contribution in [3.05, 3.63) is 22.8 Å². The second kappa shape index (κ2) is 6.10. The molecule has 0 radical (unpaired) electrons. The van der Waals surface area contributed by atoms with Gasteiger partial charge in [0.05, 0.1) is 12.7 Å². The summed E-state index contributed by atoms with van der Waals surface area (Å²) in [6, 6.07) is 0.123. The maximum atomic E-state index is 5.62. The molecule has 0 aliphatic carbocycles. The molecule has 110 valence electrons. The zero-order valence-corrected chi connectivity index (χ0v) is 12.5. The van der Waals surface area contributed by atoms with Crippen molar-refractivity contribution in [1.82, 2.24) is 35.4 Å². The van der Waals surface area contributed by atoms with Crippen molar-refractivity contribution in [1.29, 1.82) is 0 Å². The van der Waals surface area contributed by atoms with Gasteiger partial charge in [0.1, 0.15) is 0 Å². The Morgan fingerprint density at radius 2 is 2.00 bits per heavy atom. The summed E-state index contributed by atoms with van der Waals surface area (Å²) in [5, 5.41) is 16.4. The fraction of sp³-hybridized carbons (Fsp3) is 0.667. The number of hydrazine groups is 1. The van der Waals surface area contributed by atoms with Crippen LogP contribution in [0.4, 0.5) is 0 Å². The fourth-order valence-corrected chi connectivity index (χ4v) is 2.37. The molecule has 0 amide bonds. The largest absolute Gasteiger partial charge is 0.272 e. The number of nitrogens with one attached hydrogen (secondary N) is 1. The molecule has 0 bridgehead atoms. The summed E-state index contributed by atoms with van der Waals surface area (Å²) in [6.45, 7) is 4.13. The first kappa shape index (κ1) is 14.6. The van der Waals surface area contributed by atoms with E-state index in [9.17, 15) is 0 Å². The first-order chi connectivity index (χ1) is 9.51. The van der Waals surface area contributed by atoms with Crippen LogP contribution in [-0.4, -0.2) is 36.0 Å². The Bertz CT molecular complexity index is 570. The van der Waals surface area contributed by atoms with Crippen molar-refractivity contribution < 1.29 is 0 Å². The van der Waals surface area contributed by atoms with E-state index in [-0.39, 0.29) is 6.04 Å². The molecule has 2 rings (SSSR count). The van der Waals surface area contributed by atoms with Crippen LogP contribution in [0, 0.1) is 13.8 Å². The molecule has 0 aromatic carbocycles. The first-order valence-corrected chi connectivity index (χ1v) is 6.69. The summed E-state index contributed by atoms with van der Waals surface area (Å²) in [4.78, 5) is 1.46. The fourth-order valence-electron chi connectivity index (χ4n) is 2.37. The third-order valence-corrected chi connectivity index (χ3v) is 3.62. The molecule has 1 atom stereocenters. The van der Waals surface area contributed by atoms with Gasteiger partial charge in [-0.25, -0.2) is 0 Å². The van der Waals surface area contributed by atoms with Gasteiger partial charge in [-0.05, 0) is 37.5 Å². The minimum Gasteiger partial charge on any atom is -0.272 e. The average Bonchev–Trinajstić information content (AvgIpc) is 2.91. The number of hydrogen-bond donors (Lipinski definition) is 2. The molecule has 20 heavy (non-hydrogen) atoms. The van der Waals surface area contributed by atoms with Crippen LogP contribution in [0.25, 0.3) is 0 Å². The Kier molecular flexibility index (Phi) is 4.46. The van der Waals surface area contributed by atoms with Crippen molar-refractivity contribution in [2.75, 3.05) is 0 Å². The lowest BCUT2D eigenvalue weighted by Crippen LogP contribution is -2.37. The monoisotopic (exact) mass is 278 g/mol. The van der Waals surface area contributed by atoms with Crippen LogP contribution in [-0.2, 0) is 26.9 Å². The standard InChI is InChI=1S/C12H22N8/c1-8-11(9(2)19(3)16-8)6-5-10(14-13)7-12-15-18-20(4)17-12/h10,14H,5-7,13H2,1-4H3. The van der Waals surface area contributed by atoms with E-state index in [0.717, 1.165) is 18.5 Å². The van der Waals surface area contributed by atoms with E-state index < -0.39 is 0 Å². The second-order valence-corrected chi connectivity index (χ2v) is 5.07. The van der Waals surface area contributed by atoms with Crippen LogP contribution < -0.4 is 11.3 Å². The lowest BCUT2D eigenvalue weighted by molar-refractivity contribution is 0.480. The quantitative estimate of drug-likeness (QED) is 0.549. The normalized spacial score (nSPS) is 12.8. The first-order valence-electron chi connectivity index (χ1n) is 6.69. The molecule has 2 aromatic heterocycles. The van der Waals surface area contributed by atoms with Crippen molar-refractivity contribution in [3.8, 4) is 0 Å². The SMILES string of the molecule is Cc1nn(C)c(C)c1CCC(Cc1nnn(C)n1)NN. The van der Waals surface area contributed by atoms with E-state index in [2.05, 4.69) is 32.9 Å². The summed E-state index contributed by atoms with van der Waals surface area (Å²) in [5.74, 6) is 6.32. The predicted octanol–water partition coefficient (Wildman–Crippen LogP) is -0.432. The number of nitrogens with zero attached hydrogens (tertiary/aromatic N) is 6. The van der Waals surface area contributed by atoms with Crippen LogP contribution in [0.2, 0.25) is 0 Å². The summed E-state index contributed by atoms with van der Waals surface area (Å²) in [7, 11) is 3.72. The van der Waals surface area contributed by atoms with Gasteiger partial charge in [0, 0.05) is 25.2 Å². The van der Waals surface area contributed by atoms with Gasteiger partial charge < -0.3 is 0 Å². The smallest absolute Gasteiger partial charge is 0.176 e. The summed E-state index contributed by atoms with van der Waals surface area (Å²) >= 11 is 0. The molecule has 3 N–H and O–H groups in total. The molecular weight excluding hydrogens is 256 g/mol. The van der Waals surface area contributed by atoms with Gasteiger partial charge in [-0.2, -0.15) is 9.90 Å². The highest BCUT2D eigenvalue weighted by Gasteiger charge is 2.15. The number of aromatic nitrogens is 6. The van der Waals surface area contributed by atoms with Gasteiger partial charge in [0.15, 0.2) is 5.82 Å². The maximum Gasteiger partial charge on any atom is 0.176 e. The average molecular weight is 278 g/mol. The Labute approximate surface area is 118 Å². The Morgan fingerprint density at radius 3 is 2.50 bits per heavy atom. The molecular formula is C12H22N8. The topological polar surface area (TPSA) is 99.5 Å². The van der Waals surface area contributed by atoms with Crippen molar-refractivity contribution in [3.63, 3.8) is 0 Å². The number of nitrogens with two attached hydrogens (primary N) is 1. The minimum absolute atomic E-state index is 0.123. The summed E-state index contributed by atoms with van der Waals surface area (Å²) in [6.07, 6.45) is 2.51. The lowest BCUT2D eigenvalue weighted by Gasteiger charge is -2.13. The molecule has 0 aliphatic rings. The molecule has 0 fully saturated rings. The number of hydrogen-bond acceptors (Lipinski definition) is 6. The van der Waals surface area contributed by atoms with E-state index in [1.807, 2.05) is 18.7 Å². The molecule has 0 saturated heterocycles. The van der Waals surface area contributed by atoms with Crippen LogP contribution in [0.5, 0.6) is 0 Å². The van der Waals surface area contributed by atoms with E-state index in [1.165, 1.54) is 16.1 Å². The predicted molar refractivity (Wildman–Crippen MR) is 74.6 cm³/mol. The van der Waals surface area contributed by atoms with E-state index in [0.29, 0.717) is 12.2 Å². The summed E-state index contributed by atoms with van der Waals surface area (Å²) < 4.78 is 1.92. The Balaban J connectivity index is 1.97. The third kappa shape index (κ3) is 3.20. The van der Waals surface area contributed by atoms with E-state index in [1.54, 1.807) is 7.05 Å². The maximum absolute atomic E-state index is 5.62. The van der Waals surface area contributed by atoms with Crippen molar-refractivity contribution >= 4 is 0 Å². The third-order valence-electron chi connectivity index (χ3n) is 3.62. The van der Waals surface area contributed by atoms with Gasteiger partial charge in [0.25, 0.3) is 0 Å². The van der Waals surface area contributed by atoms with Crippen molar-refractivity contribution in [2.24, 2.45) is 19.9 Å². The molecule has 0 spiro atoms. The van der Waals surface area contributed by atoms with E-state index >= 15 is 0 Å². The second-order valence-electron chi connectivity index (χ2n) is 5.07. The van der Waals surface area contributed by atoms with Crippen LogP contribution >= 0.6 is 0 Å². The zero-order valence-electron chi connectivity index (χ0n) is 12.5. The van der Waals surface area contributed by atoms with E-state index in [4.69, 9.17) is 5.84 Å². The highest BCUT2D eigenvalue weighted by Crippen LogP contribution is 2.15. The molecule has 8 nitrogen and oxygen atoms in total. The van der Waals surface area contributed by atoms with Gasteiger partial charge in [0.2, 0.25) is 0 Å². The van der Waals surface area contributed by atoms with Gasteiger partial charge >= 0.3 is 0 Å². The molecule has 8 heteroatoms. The highest BCUT2D eigenvalue weighted by atomic mass is 15.6. The van der Waals surface area contributed by atoms with Gasteiger partial charge in [-0.1, -0.05) is 0 Å².